The molecule has 2 rings (SSSR count). The highest BCUT2D eigenvalue weighted by atomic mass is 32.1. The molecule has 1 aromatic heterocycles. The molecule has 3 heteroatoms. The number of aliphatic hydroxyl groups excluding tert-OH is 1. The summed E-state index contributed by atoms with van der Waals surface area (Å²) >= 11 is 1.63. The van der Waals surface area contributed by atoms with Gasteiger partial charge < -0.3 is 10.4 Å². The van der Waals surface area contributed by atoms with Crippen LogP contribution in [0.1, 0.15) is 31.4 Å². The van der Waals surface area contributed by atoms with Crippen LogP contribution in [0.15, 0.2) is 16.8 Å². The Balaban J connectivity index is 1.71. The van der Waals surface area contributed by atoms with Crippen molar-refractivity contribution in [1.82, 2.24) is 5.32 Å². The number of aliphatic hydroxyl groups is 1. The van der Waals surface area contributed by atoms with Crippen molar-refractivity contribution in [2.45, 2.75) is 31.9 Å². The topological polar surface area (TPSA) is 32.3 Å². The molecule has 14 heavy (non-hydrogen) atoms. The van der Waals surface area contributed by atoms with E-state index < -0.39 is 0 Å². The molecule has 1 fully saturated rings. The van der Waals surface area contributed by atoms with Crippen molar-refractivity contribution in [3.05, 3.63) is 22.4 Å². The van der Waals surface area contributed by atoms with Crippen molar-refractivity contribution in [3.8, 4) is 0 Å². The molecule has 78 valence electrons. The Morgan fingerprint density at radius 2 is 2.43 bits per heavy atom. The lowest BCUT2D eigenvalue weighted by molar-refractivity contribution is 0.150. The lowest BCUT2D eigenvalue weighted by Gasteiger charge is -2.34. The third-order valence-corrected chi connectivity index (χ3v) is 3.60. The molecular weight excluding hydrogens is 194 g/mol. The molecule has 0 amide bonds. The number of rotatable bonds is 4. The molecular formula is C11H17NOS. The molecule has 1 atom stereocenters. The largest absolute Gasteiger partial charge is 0.387 e. The fourth-order valence-electron chi connectivity index (χ4n) is 1.93. The third-order valence-electron chi connectivity index (χ3n) is 2.90. The highest BCUT2D eigenvalue weighted by Crippen LogP contribution is 2.26. The minimum Gasteiger partial charge on any atom is -0.387 e. The second kappa shape index (κ2) is 4.43. The van der Waals surface area contributed by atoms with E-state index in [1.165, 1.54) is 12.8 Å². The summed E-state index contributed by atoms with van der Waals surface area (Å²) in [5, 5.41) is 17.2. The van der Waals surface area contributed by atoms with E-state index in [4.69, 9.17) is 0 Å². The SMILES string of the molecule is CC1CC(NCC(O)c2ccsc2)C1. The highest BCUT2D eigenvalue weighted by molar-refractivity contribution is 7.07. The molecule has 0 aliphatic heterocycles. The fourth-order valence-corrected chi connectivity index (χ4v) is 2.64. The van der Waals surface area contributed by atoms with Crippen molar-refractivity contribution < 1.29 is 5.11 Å². The quantitative estimate of drug-likeness (QED) is 0.800. The van der Waals surface area contributed by atoms with E-state index in [0.29, 0.717) is 12.6 Å². The van der Waals surface area contributed by atoms with Crippen molar-refractivity contribution in [1.29, 1.82) is 0 Å². The molecule has 1 unspecified atom stereocenters. The van der Waals surface area contributed by atoms with Gasteiger partial charge in [0.15, 0.2) is 0 Å². The molecule has 1 saturated carbocycles. The normalized spacial score (nSPS) is 28.4. The van der Waals surface area contributed by atoms with Gasteiger partial charge in [-0.3, -0.25) is 0 Å². The second-order valence-electron chi connectivity index (χ2n) is 4.25. The van der Waals surface area contributed by atoms with Crippen LogP contribution in [0.4, 0.5) is 0 Å². The van der Waals surface area contributed by atoms with Gasteiger partial charge in [-0.2, -0.15) is 11.3 Å². The predicted octanol–water partition coefficient (Wildman–Crippen LogP) is 2.17. The summed E-state index contributed by atoms with van der Waals surface area (Å²) in [6.07, 6.45) is 2.18. The maximum atomic E-state index is 9.79. The number of nitrogens with one attached hydrogen (secondary N) is 1. The summed E-state index contributed by atoms with van der Waals surface area (Å²) in [6.45, 7) is 2.96. The van der Waals surface area contributed by atoms with Gasteiger partial charge in [0.2, 0.25) is 0 Å². The molecule has 1 heterocycles. The molecule has 0 spiro atoms. The highest BCUT2D eigenvalue weighted by Gasteiger charge is 2.25. The van der Waals surface area contributed by atoms with Crippen LogP contribution in [0.3, 0.4) is 0 Å². The van der Waals surface area contributed by atoms with Gasteiger partial charge in [0, 0.05) is 12.6 Å². The molecule has 1 aliphatic carbocycles. The first-order valence-corrected chi connectivity index (χ1v) is 6.13. The zero-order valence-electron chi connectivity index (χ0n) is 8.44. The fraction of sp³-hybridized carbons (Fsp3) is 0.636. The lowest BCUT2D eigenvalue weighted by Crippen LogP contribution is -2.41. The van der Waals surface area contributed by atoms with Gasteiger partial charge in [-0.05, 0) is 41.1 Å². The monoisotopic (exact) mass is 211 g/mol. The van der Waals surface area contributed by atoms with Crippen LogP contribution >= 0.6 is 11.3 Å². The van der Waals surface area contributed by atoms with Gasteiger partial charge >= 0.3 is 0 Å². The molecule has 1 aliphatic rings. The Morgan fingerprint density at radius 1 is 1.64 bits per heavy atom. The van der Waals surface area contributed by atoms with Crippen LogP contribution in [0.5, 0.6) is 0 Å². The summed E-state index contributed by atoms with van der Waals surface area (Å²) in [6, 6.07) is 2.62. The first kappa shape index (κ1) is 10.1. The van der Waals surface area contributed by atoms with E-state index in [1.54, 1.807) is 11.3 Å². The average molecular weight is 211 g/mol. The molecule has 1 aromatic rings. The van der Waals surface area contributed by atoms with Crippen molar-refractivity contribution in [2.24, 2.45) is 5.92 Å². The number of hydrogen-bond acceptors (Lipinski definition) is 3. The van der Waals surface area contributed by atoms with E-state index in [9.17, 15) is 5.11 Å². The van der Waals surface area contributed by atoms with Gasteiger partial charge in [-0.15, -0.1) is 0 Å². The van der Waals surface area contributed by atoms with Crippen LogP contribution in [0, 0.1) is 5.92 Å². The van der Waals surface area contributed by atoms with Crippen molar-refractivity contribution in [2.75, 3.05) is 6.54 Å². The first-order chi connectivity index (χ1) is 6.75. The first-order valence-electron chi connectivity index (χ1n) is 5.19. The second-order valence-corrected chi connectivity index (χ2v) is 5.03. The van der Waals surface area contributed by atoms with E-state index in [-0.39, 0.29) is 6.10 Å². The summed E-state index contributed by atoms with van der Waals surface area (Å²) < 4.78 is 0. The van der Waals surface area contributed by atoms with Gasteiger partial charge in [0.25, 0.3) is 0 Å². The summed E-state index contributed by atoms with van der Waals surface area (Å²) in [5.41, 5.74) is 1.04. The molecule has 0 aromatic carbocycles. The zero-order chi connectivity index (χ0) is 9.97. The smallest absolute Gasteiger partial charge is 0.0922 e. The Labute approximate surface area is 89.0 Å². The van der Waals surface area contributed by atoms with Crippen LogP contribution in [0.25, 0.3) is 0 Å². The summed E-state index contributed by atoms with van der Waals surface area (Å²) in [5.74, 6) is 0.866. The van der Waals surface area contributed by atoms with Gasteiger partial charge in [-0.25, -0.2) is 0 Å². The van der Waals surface area contributed by atoms with Crippen molar-refractivity contribution >= 4 is 11.3 Å². The lowest BCUT2D eigenvalue weighted by atomic mass is 9.82. The molecule has 0 radical (unpaired) electrons. The van der Waals surface area contributed by atoms with E-state index in [1.807, 2.05) is 16.8 Å². The Morgan fingerprint density at radius 3 is 3.00 bits per heavy atom. The van der Waals surface area contributed by atoms with Crippen LogP contribution in [-0.4, -0.2) is 17.7 Å². The number of thiophene rings is 1. The Kier molecular flexibility index (Phi) is 3.21. The third kappa shape index (κ3) is 2.35. The Hall–Kier alpha value is -0.380. The maximum absolute atomic E-state index is 9.79. The van der Waals surface area contributed by atoms with Gasteiger partial charge in [0.05, 0.1) is 6.10 Å². The van der Waals surface area contributed by atoms with Gasteiger partial charge in [-0.1, -0.05) is 6.92 Å². The minimum atomic E-state index is -0.336. The molecule has 2 N–H and O–H groups in total. The zero-order valence-corrected chi connectivity index (χ0v) is 9.26. The predicted molar refractivity (Wildman–Crippen MR) is 59.5 cm³/mol. The van der Waals surface area contributed by atoms with E-state index in [2.05, 4.69) is 12.2 Å². The molecule has 2 nitrogen and oxygen atoms in total. The Bertz CT molecular complexity index is 267. The van der Waals surface area contributed by atoms with E-state index in [0.717, 1.165) is 11.5 Å². The molecule has 0 bridgehead atoms. The van der Waals surface area contributed by atoms with Crippen LogP contribution in [0.2, 0.25) is 0 Å². The number of hydrogen-bond donors (Lipinski definition) is 2. The van der Waals surface area contributed by atoms with E-state index >= 15 is 0 Å². The van der Waals surface area contributed by atoms with Crippen molar-refractivity contribution in [3.63, 3.8) is 0 Å². The standard InChI is InChI=1S/C11H17NOS/c1-8-4-10(5-8)12-6-11(13)9-2-3-14-7-9/h2-3,7-8,10-13H,4-6H2,1H3. The molecule has 0 saturated heterocycles. The van der Waals surface area contributed by atoms with Crippen LogP contribution < -0.4 is 5.32 Å². The summed E-state index contributed by atoms with van der Waals surface area (Å²) in [4.78, 5) is 0. The average Bonchev–Trinajstić information content (AvgIpc) is 2.62. The summed E-state index contributed by atoms with van der Waals surface area (Å²) in [7, 11) is 0. The minimum absolute atomic E-state index is 0.336. The maximum Gasteiger partial charge on any atom is 0.0922 e. The van der Waals surface area contributed by atoms with Gasteiger partial charge in [0.1, 0.15) is 0 Å². The van der Waals surface area contributed by atoms with Crippen LogP contribution in [-0.2, 0) is 0 Å².